The van der Waals surface area contributed by atoms with Crippen LogP contribution >= 0.6 is 0 Å². The van der Waals surface area contributed by atoms with Crippen molar-refractivity contribution < 1.29 is 43.5 Å². The van der Waals surface area contributed by atoms with E-state index in [-0.39, 0.29) is 30.5 Å². The van der Waals surface area contributed by atoms with Crippen LogP contribution in [0.25, 0.3) is 0 Å². The third-order valence-corrected chi connectivity index (χ3v) is 5.93. The lowest BCUT2D eigenvalue weighted by Crippen LogP contribution is -2.54. The first kappa shape index (κ1) is 26.3. The molecule has 2 aromatic rings. The Bertz CT molecular complexity index is 1170. The highest BCUT2D eigenvalue weighted by Crippen LogP contribution is 2.48. The van der Waals surface area contributed by atoms with Crippen molar-refractivity contribution in [2.45, 2.75) is 57.1 Å². The first-order valence-corrected chi connectivity index (χ1v) is 11.8. The number of hydrogen-bond acceptors (Lipinski definition) is 9. The third kappa shape index (κ3) is 5.81. The summed E-state index contributed by atoms with van der Waals surface area (Å²) < 4.78 is 27.8. The molecule has 0 fully saturated rings. The molecule has 1 amide bonds. The van der Waals surface area contributed by atoms with Crippen molar-refractivity contribution >= 4 is 12.1 Å². The number of amides is 1. The van der Waals surface area contributed by atoms with Gasteiger partial charge in [0.15, 0.2) is 11.5 Å². The van der Waals surface area contributed by atoms with Gasteiger partial charge in [0.25, 0.3) is 0 Å². The minimum atomic E-state index is -1.40. The third-order valence-electron chi connectivity index (χ3n) is 5.93. The number of aliphatic hydroxyl groups excluding tert-OH is 2. The molecule has 0 bridgehead atoms. The van der Waals surface area contributed by atoms with Crippen molar-refractivity contribution in [2.75, 3.05) is 13.9 Å². The fourth-order valence-corrected chi connectivity index (χ4v) is 4.28. The number of methoxy groups -OCH3 is 1. The second-order valence-corrected chi connectivity index (χ2v) is 9.73. The number of nitrogens with one attached hydrogen (secondary N) is 1. The van der Waals surface area contributed by atoms with Crippen LogP contribution in [0.3, 0.4) is 0 Å². The largest absolute Gasteiger partial charge is 0.484 e. The van der Waals surface area contributed by atoms with Gasteiger partial charge >= 0.3 is 12.1 Å². The van der Waals surface area contributed by atoms with E-state index in [1.54, 1.807) is 32.9 Å². The maximum atomic E-state index is 13.1. The van der Waals surface area contributed by atoms with Crippen LogP contribution < -0.4 is 19.5 Å². The van der Waals surface area contributed by atoms with Crippen molar-refractivity contribution in [1.82, 2.24) is 5.32 Å². The number of alkyl carbamates (subject to hydrolysis) is 1. The van der Waals surface area contributed by atoms with Crippen LogP contribution in [0.1, 0.15) is 48.2 Å². The number of carbonyl (C=O) groups excluding carboxylic acids is 2. The van der Waals surface area contributed by atoms with Crippen LogP contribution in [0.5, 0.6) is 17.2 Å². The zero-order valence-electron chi connectivity index (χ0n) is 21.1. The minimum Gasteiger partial charge on any atom is -0.484 e. The summed E-state index contributed by atoms with van der Waals surface area (Å²) in [4.78, 5) is 25.8. The maximum Gasteiger partial charge on any atom is 0.407 e. The van der Waals surface area contributed by atoms with Gasteiger partial charge in [-0.3, -0.25) is 0 Å². The van der Waals surface area contributed by atoms with Crippen LogP contribution in [0.2, 0.25) is 0 Å². The van der Waals surface area contributed by atoms with E-state index in [1.165, 1.54) is 13.2 Å². The molecule has 0 spiro atoms. The molecule has 1 aliphatic carbocycles. The number of esters is 1. The molecule has 1 heterocycles. The Labute approximate surface area is 214 Å². The zero-order valence-corrected chi connectivity index (χ0v) is 21.1. The van der Waals surface area contributed by atoms with Gasteiger partial charge in [0.2, 0.25) is 12.5 Å². The number of fused-ring (bicyclic) bond motifs is 1. The van der Waals surface area contributed by atoms with E-state index < -0.39 is 41.8 Å². The highest BCUT2D eigenvalue weighted by atomic mass is 16.7. The van der Waals surface area contributed by atoms with Crippen molar-refractivity contribution in [2.24, 2.45) is 0 Å². The average molecular weight is 514 g/mol. The van der Waals surface area contributed by atoms with E-state index in [1.807, 2.05) is 30.3 Å². The topological polar surface area (TPSA) is 133 Å². The van der Waals surface area contributed by atoms with Gasteiger partial charge in [-0.2, -0.15) is 0 Å². The van der Waals surface area contributed by atoms with Crippen LogP contribution in [-0.4, -0.2) is 60.0 Å². The molecule has 4 atom stereocenters. The smallest absolute Gasteiger partial charge is 0.407 e. The molecule has 0 saturated carbocycles. The van der Waals surface area contributed by atoms with Crippen molar-refractivity contribution in [3.05, 3.63) is 65.2 Å². The van der Waals surface area contributed by atoms with Gasteiger partial charge in [-0.15, -0.1) is 0 Å². The van der Waals surface area contributed by atoms with E-state index in [9.17, 15) is 19.8 Å². The van der Waals surface area contributed by atoms with E-state index in [4.69, 9.17) is 23.7 Å². The molecule has 4 rings (SSSR count). The first-order chi connectivity index (χ1) is 17.6. The highest BCUT2D eigenvalue weighted by molar-refractivity contribution is 5.96. The quantitative estimate of drug-likeness (QED) is 0.394. The Morgan fingerprint density at radius 2 is 1.84 bits per heavy atom. The fraction of sp³-hybridized carbons (Fsp3) is 0.407. The van der Waals surface area contributed by atoms with Gasteiger partial charge in [0, 0.05) is 5.92 Å². The summed E-state index contributed by atoms with van der Waals surface area (Å²) in [5, 5.41) is 23.8. The number of ether oxygens (including phenoxy) is 5. The number of aliphatic hydroxyl groups is 2. The standard InChI is InChI=1S/C27H31NO9/c1-27(2,3)37-26(32)28-21-16(10-11-18(29)22(21)30)17-12-19-23(36-14-35-19)24(20(17)25(31)33-4)34-13-15-8-6-5-7-9-15/h5-12,16,18,21-22,29-30H,13-14H2,1-4H3,(H,28,32)/t16-,18-,21-,22-/m1/s1. The second-order valence-electron chi connectivity index (χ2n) is 9.73. The van der Waals surface area contributed by atoms with Gasteiger partial charge in [-0.05, 0) is 38.0 Å². The summed E-state index contributed by atoms with van der Waals surface area (Å²) in [5.74, 6) is -0.798. The van der Waals surface area contributed by atoms with E-state index in [2.05, 4.69) is 5.32 Å². The van der Waals surface area contributed by atoms with Crippen LogP contribution in [0.15, 0.2) is 48.6 Å². The predicted molar refractivity (Wildman–Crippen MR) is 132 cm³/mol. The average Bonchev–Trinajstić information content (AvgIpc) is 3.32. The van der Waals surface area contributed by atoms with Crippen LogP contribution in [0.4, 0.5) is 4.79 Å². The molecular weight excluding hydrogens is 482 g/mol. The molecular formula is C27H31NO9. The molecule has 10 nitrogen and oxygen atoms in total. The van der Waals surface area contributed by atoms with Gasteiger partial charge < -0.3 is 39.2 Å². The Morgan fingerprint density at radius 3 is 2.51 bits per heavy atom. The molecule has 0 aromatic heterocycles. The Kier molecular flexibility index (Phi) is 7.60. The minimum absolute atomic E-state index is 0.0527. The maximum absolute atomic E-state index is 13.1. The lowest BCUT2D eigenvalue weighted by molar-refractivity contribution is 0.00290. The Morgan fingerprint density at radius 1 is 1.11 bits per heavy atom. The highest BCUT2D eigenvalue weighted by Gasteiger charge is 2.41. The van der Waals surface area contributed by atoms with E-state index in [0.717, 1.165) is 5.56 Å². The summed E-state index contributed by atoms with van der Waals surface area (Å²) in [6.07, 6.45) is -0.430. The fourth-order valence-electron chi connectivity index (χ4n) is 4.28. The van der Waals surface area contributed by atoms with Crippen LogP contribution in [0, 0.1) is 0 Å². The van der Waals surface area contributed by atoms with Gasteiger partial charge in [-0.25, -0.2) is 9.59 Å². The lowest BCUT2D eigenvalue weighted by atomic mass is 9.79. The molecule has 0 unspecified atom stereocenters. The molecule has 10 heteroatoms. The van der Waals surface area contributed by atoms with Crippen molar-refractivity contribution in [3.8, 4) is 17.2 Å². The molecule has 1 aliphatic heterocycles. The van der Waals surface area contributed by atoms with Crippen molar-refractivity contribution in [3.63, 3.8) is 0 Å². The number of hydrogen-bond donors (Lipinski definition) is 3. The summed E-state index contributed by atoms with van der Waals surface area (Å²) >= 11 is 0. The SMILES string of the molecule is COC(=O)c1c([C@H]2C=C[C@@H](O)[C@@H](O)[C@@H]2NC(=O)OC(C)(C)C)cc2c(c1OCc1ccccc1)OCO2. The number of carbonyl (C=O) groups is 2. The summed E-state index contributed by atoms with van der Waals surface area (Å²) in [7, 11) is 1.24. The number of rotatable bonds is 6. The van der Waals surface area contributed by atoms with Crippen molar-refractivity contribution in [1.29, 1.82) is 0 Å². The normalized spacial score (nSPS) is 22.3. The molecule has 0 saturated heterocycles. The predicted octanol–water partition coefficient (Wildman–Crippen LogP) is 3.05. The lowest BCUT2D eigenvalue weighted by Gasteiger charge is -2.36. The Hall–Kier alpha value is -3.76. The molecule has 37 heavy (non-hydrogen) atoms. The number of benzene rings is 2. The Balaban J connectivity index is 1.79. The van der Waals surface area contributed by atoms with Gasteiger partial charge in [-0.1, -0.05) is 42.5 Å². The van der Waals surface area contributed by atoms with Gasteiger partial charge in [0.05, 0.1) is 13.2 Å². The summed E-state index contributed by atoms with van der Waals surface area (Å²) in [6, 6.07) is 9.91. The summed E-state index contributed by atoms with van der Waals surface area (Å²) in [5.41, 5.74) is 0.471. The molecule has 0 radical (unpaired) electrons. The molecule has 2 aromatic carbocycles. The second kappa shape index (κ2) is 10.7. The molecule has 3 N–H and O–H groups in total. The first-order valence-electron chi connectivity index (χ1n) is 11.8. The van der Waals surface area contributed by atoms with E-state index >= 15 is 0 Å². The zero-order chi connectivity index (χ0) is 26.7. The molecule has 198 valence electrons. The van der Waals surface area contributed by atoms with Gasteiger partial charge in [0.1, 0.15) is 30.0 Å². The van der Waals surface area contributed by atoms with E-state index in [0.29, 0.717) is 11.3 Å². The monoisotopic (exact) mass is 513 g/mol. The van der Waals surface area contributed by atoms with Crippen LogP contribution in [-0.2, 0) is 16.1 Å². The molecule has 2 aliphatic rings. The summed E-state index contributed by atoms with van der Waals surface area (Å²) in [6.45, 7) is 5.17.